The number of hydrogen-bond acceptors (Lipinski definition) is 3. The largest absolute Gasteiger partial charge is 0.478 e. The molecule has 5 heteroatoms. The molecule has 0 radical (unpaired) electrons. The molecule has 2 atom stereocenters. The van der Waals surface area contributed by atoms with Gasteiger partial charge in [-0.15, -0.1) is 0 Å². The fourth-order valence-electron chi connectivity index (χ4n) is 3.50. The van der Waals surface area contributed by atoms with Crippen molar-refractivity contribution in [3.05, 3.63) is 23.7 Å². The van der Waals surface area contributed by atoms with Gasteiger partial charge in [-0.2, -0.15) is 0 Å². The van der Waals surface area contributed by atoms with Gasteiger partial charge in [-0.25, -0.2) is 4.79 Å². The molecule has 5 nitrogen and oxygen atoms in total. The topological polar surface area (TPSA) is 70.7 Å². The van der Waals surface area contributed by atoms with Crippen LogP contribution in [0.15, 0.2) is 16.7 Å². The molecule has 1 aliphatic heterocycles. The Kier molecular flexibility index (Phi) is 3.51. The Morgan fingerprint density at radius 1 is 1.20 bits per heavy atom. The SMILES string of the molecule is O=C(O)c1coc(C(=O)N2CCC3CCCCC3C2)c1. The standard InChI is InChI=1S/C15H19NO4/c17-14(13-7-12(9-20-13)15(18)19)16-6-5-10-3-1-2-4-11(10)8-16/h7,9-11H,1-6,8H2,(H,18,19). The van der Waals surface area contributed by atoms with Crippen molar-refractivity contribution in [1.82, 2.24) is 4.90 Å². The number of piperidine rings is 1. The average molecular weight is 277 g/mol. The molecule has 2 fully saturated rings. The predicted molar refractivity (Wildman–Crippen MR) is 71.6 cm³/mol. The number of hydrogen-bond donors (Lipinski definition) is 1. The molecule has 2 unspecified atom stereocenters. The van der Waals surface area contributed by atoms with Crippen molar-refractivity contribution < 1.29 is 19.1 Å². The summed E-state index contributed by atoms with van der Waals surface area (Å²) >= 11 is 0. The van der Waals surface area contributed by atoms with Crippen molar-refractivity contribution in [3.8, 4) is 0 Å². The predicted octanol–water partition coefficient (Wildman–Crippen LogP) is 2.63. The quantitative estimate of drug-likeness (QED) is 0.902. The van der Waals surface area contributed by atoms with E-state index in [1.165, 1.54) is 31.7 Å². The van der Waals surface area contributed by atoms with Crippen LogP contribution in [0.2, 0.25) is 0 Å². The first-order chi connectivity index (χ1) is 9.65. The Hall–Kier alpha value is -1.78. The molecule has 1 aromatic heterocycles. The minimum absolute atomic E-state index is 0.0286. The van der Waals surface area contributed by atoms with Gasteiger partial charge >= 0.3 is 5.97 Å². The van der Waals surface area contributed by atoms with Gasteiger partial charge in [0, 0.05) is 19.2 Å². The van der Waals surface area contributed by atoms with Crippen LogP contribution >= 0.6 is 0 Å². The lowest BCUT2D eigenvalue weighted by atomic mass is 9.75. The van der Waals surface area contributed by atoms with Gasteiger partial charge < -0.3 is 14.4 Å². The lowest BCUT2D eigenvalue weighted by Gasteiger charge is -2.41. The summed E-state index contributed by atoms with van der Waals surface area (Å²) in [5, 5.41) is 8.86. The van der Waals surface area contributed by atoms with Crippen LogP contribution in [0.5, 0.6) is 0 Å². The lowest BCUT2D eigenvalue weighted by Crippen LogP contribution is -2.44. The minimum Gasteiger partial charge on any atom is -0.478 e. The highest BCUT2D eigenvalue weighted by atomic mass is 16.4. The van der Waals surface area contributed by atoms with Crippen LogP contribution in [-0.4, -0.2) is 35.0 Å². The molecular formula is C15H19NO4. The summed E-state index contributed by atoms with van der Waals surface area (Å²) in [7, 11) is 0. The molecule has 1 saturated carbocycles. The normalized spacial score (nSPS) is 26.1. The average Bonchev–Trinajstić information content (AvgIpc) is 2.96. The highest BCUT2D eigenvalue weighted by Gasteiger charge is 2.34. The highest BCUT2D eigenvalue weighted by Crippen LogP contribution is 2.36. The monoisotopic (exact) mass is 277 g/mol. The van der Waals surface area contributed by atoms with Crippen LogP contribution in [0.25, 0.3) is 0 Å². The van der Waals surface area contributed by atoms with Gasteiger partial charge in [0.15, 0.2) is 5.76 Å². The molecule has 1 amide bonds. The maximum absolute atomic E-state index is 12.3. The summed E-state index contributed by atoms with van der Waals surface area (Å²) in [6.07, 6.45) is 7.25. The molecular weight excluding hydrogens is 258 g/mol. The van der Waals surface area contributed by atoms with Gasteiger partial charge in [-0.1, -0.05) is 19.3 Å². The lowest BCUT2D eigenvalue weighted by molar-refractivity contribution is 0.0492. The molecule has 1 N–H and O–H groups in total. The number of rotatable bonds is 2. The van der Waals surface area contributed by atoms with Crippen molar-refractivity contribution in [3.63, 3.8) is 0 Å². The van der Waals surface area contributed by atoms with Gasteiger partial charge in [-0.05, 0) is 24.7 Å². The third-order valence-corrected chi connectivity index (χ3v) is 4.64. The maximum atomic E-state index is 12.3. The molecule has 20 heavy (non-hydrogen) atoms. The molecule has 2 aliphatic rings. The van der Waals surface area contributed by atoms with E-state index in [4.69, 9.17) is 9.52 Å². The smallest absolute Gasteiger partial charge is 0.338 e. The second-order valence-electron chi connectivity index (χ2n) is 5.85. The van der Waals surface area contributed by atoms with Crippen molar-refractivity contribution >= 4 is 11.9 Å². The molecule has 0 spiro atoms. The molecule has 0 aromatic carbocycles. The van der Waals surface area contributed by atoms with Gasteiger partial charge in [0.2, 0.25) is 0 Å². The van der Waals surface area contributed by atoms with Gasteiger partial charge in [0.25, 0.3) is 5.91 Å². The summed E-state index contributed by atoms with van der Waals surface area (Å²) < 4.78 is 5.10. The van der Waals surface area contributed by atoms with Crippen LogP contribution in [0.4, 0.5) is 0 Å². The number of furan rings is 1. The van der Waals surface area contributed by atoms with E-state index >= 15 is 0 Å². The summed E-state index contributed by atoms with van der Waals surface area (Å²) in [5.41, 5.74) is 0.0286. The van der Waals surface area contributed by atoms with Crippen molar-refractivity contribution in [1.29, 1.82) is 0 Å². The first-order valence-electron chi connectivity index (χ1n) is 7.26. The number of amides is 1. The Morgan fingerprint density at radius 3 is 2.65 bits per heavy atom. The molecule has 2 heterocycles. The second-order valence-corrected chi connectivity index (χ2v) is 5.85. The molecule has 3 rings (SSSR count). The number of likely N-dealkylation sites (tertiary alicyclic amines) is 1. The van der Waals surface area contributed by atoms with Crippen molar-refractivity contribution in [2.75, 3.05) is 13.1 Å². The van der Waals surface area contributed by atoms with E-state index in [-0.39, 0.29) is 17.2 Å². The number of fused-ring (bicyclic) bond motifs is 1. The van der Waals surface area contributed by atoms with Gasteiger partial charge in [0.1, 0.15) is 6.26 Å². The number of aromatic carboxylic acids is 1. The Morgan fingerprint density at radius 2 is 1.95 bits per heavy atom. The zero-order valence-corrected chi connectivity index (χ0v) is 11.4. The van der Waals surface area contributed by atoms with Crippen molar-refractivity contribution in [2.45, 2.75) is 32.1 Å². The van der Waals surface area contributed by atoms with Crippen molar-refractivity contribution in [2.24, 2.45) is 11.8 Å². The Balaban J connectivity index is 1.69. The Labute approximate surface area is 117 Å². The number of carboxylic acid groups (broad SMARTS) is 1. The fraction of sp³-hybridized carbons (Fsp3) is 0.600. The van der Waals surface area contributed by atoms with E-state index in [2.05, 4.69) is 0 Å². The zero-order chi connectivity index (χ0) is 14.1. The van der Waals surface area contributed by atoms with Crippen LogP contribution in [0, 0.1) is 11.8 Å². The zero-order valence-electron chi connectivity index (χ0n) is 11.4. The third kappa shape index (κ3) is 2.44. The van der Waals surface area contributed by atoms with E-state index in [0.29, 0.717) is 5.92 Å². The molecule has 0 bridgehead atoms. The summed E-state index contributed by atoms with van der Waals surface area (Å²) in [6.45, 7) is 1.54. The molecule has 1 aromatic rings. The van der Waals surface area contributed by atoms with Gasteiger partial charge in [-0.3, -0.25) is 4.79 Å². The third-order valence-electron chi connectivity index (χ3n) is 4.64. The van der Waals surface area contributed by atoms with E-state index in [9.17, 15) is 9.59 Å². The summed E-state index contributed by atoms with van der Waals surface area (Å²) in [5.74, 6) is 0.256. The number of carbonyl (C=O) groups excluding carboxylic acids is 1. The van der Waals surface area contributed by atoms with Gasteiger partial charge in [0.05, 0.1) is 5.56 Å². The van der Waals surface area contributed by atoms with Crippen LogP contribution in [-0.2, 0) is 0 Å². The van der Waals surface area contributed by atoms with Crippen LogP contribution in [0.3, 0.4) is 0 Å². The van der Waals surface area contributed by atoms with Crippen LogP contribution in [0.1, 0.15) is 53.0 Å². The highest BCUT2D eigenvalue weighted by molar-refractivity contribution is 5.95. The summed E-state index contributed by atoms with van der Waals surface area (Å²) in [4.78, 5) is 25.0. The van der Waals surface area contributed by atoms with E-state index < -0.39 is 5.97 Å². The number of carbonyl (C=O) groups is 2. The number of carboxylic acids is 1. The fourth-order valence-corrected chi connectivity index (χ4v) is 3.50. The van der Waals surface area contributed by atoms with E-state index in [1.807, 2.05) is 4.90 Å². The first-order valence-corrected chi connectivity index (χ1v) is 7.26. The second kappa shape index (κ2) is 5.31. The molecule has 1 aliphatic carbocycles. The molecule has 108 valence electrons. The van der Waals surface area contributed by atoms with Crippen LogP contribution < -0.4 is 0 Å². The summed E-state index contributed by atoms with van der Waals surface area (Å²) in [6, 6.07) is 1.32. The molecule has 1 saturated heterocycles. The minimum atomic E-state index is -1.07. The van der Waals surface area contributed by atoms with E-state index in [0.717, 1.165) is 31.7 Å². The van der Waals surface area contributed by atoms with E-state index in [1.54, 1.807) is 0 Å². The maximum Gasteiger partial charge on any atom is 0.338 e. The Bertz CT molecular complexity index is 522. The first kappa shape index (κ1) is 13.2. The number of nitrogens with zero attached hydrogens (tertiary/aromatic N) is 1.